The van der Waals surface area contributed by atoms with Gasteiger partial charge in [0.15, 0.2) is 0 Å². The van der Waals surface area contributed by atoms with E-state index in [1.165, 1.54) is 12.3 Å². The summed E-state index contributed by atoms with van der Waals surface area (Å²) in [5, 5.41) is 19.9. The highest BCUT2D eigenvalue weighted by Crippen LogP contribution is 2.30. The van der Waals surface area contributed by atoms with Crippen LogP contribution in [0.5, 0.6) is 11.5 Å². The largest absolute Gasteiger partial charge is 0.508 e. The van der Waals surface area contributed by atoms with Crippen molar-refractivity contribution in [2.24, 2.45) is 4.99 Å². The third kappa shape index (κ3) is 3.40. The van der Waals surface area contributed by atoms with Gasteiger partial charge in [0, 0.05) is 22.4 Å². The maximum Gasteiger partial charge on any atom is 0.143 e. The van der Waals surface area contributed by atoms with Gasteiger partial charge in [-0.25, -0.2) is 0 Å². The lowest BCUT2D eigenvalue weighted by Crippen LogP contribution is -1.87. The summed E-state index contributed by atoms with van der Waals surface area (Å²) < 4.78 is 0. The number of hydrogen-bond donors (Lipinski definition) is 2. The van der Waals surface area contributed by atoms with Gasteiger partial charge in [-0.15, -0.1) is 0 Å². The summed E-state index contributed by atoms with van der Waals surface area (Å²) in [7, 11) is 0. The van der Waals surface area contributed by atoms with E-state index in [1.807, 2.05) is 6.07 Å². The van der Waals surface area contributed by atoms with Crippen molar-refractivity contribution in [1.82, 2.24) is 0 Å². The molecule has 2 rings (SSSR count). The zero-order valence-corrected chi connectivity index (χ0v) is 11.4. The molecule has 0 saturated carbocycles. The summed E-state index contributed by atoms with van der Waals surface area (Å²) in [6.45, 7) is 0.302. The Bertz CT molecular complexity index is 627. The molecule has 0 fully saturated rings. The zero-order chi connectivity index (χ0) is 13.8. The highest BCUT2D eigenvalue weighted by atomic mass is 35.5. The van der Waals surface area contributed by atoms with Crippen LogP contribution < -0.4 is 0 Å². The number of rotatable bonds is 3. The van der Waals surface area contributed by atoms with Gasteiger partial charge in [0.25, 0.3) is 0 Å². The number of aromatic hydroxyl groups is 2. The highest BCUT2D eigenvalue weighted by molar-refractivity contribution is 6.36. The van der Waals surface area contributed by atoms with Gasteiger partial charge in [-0.05, 0) is 18.2 Å². The minimum atomic E-state index is -0.0629. The van der Waals surface area contributed by atoms with E-state index in [2.05, 4.69) is 4.99 Å². The van der Waals surface area contributed by atoms with Gasteiger partial charge < -0.3 is 10.2 Å². The summed E-state index contributed by atoms with van der Waals surface area (Å²) in [6.07, 6.45) is 1.47. The Morgan fingerprint density at radius 1 is 1.11 bits per heavy atom. The summed E-state index contributed by atoms with van der Waals surface area (Å²) >= 11 is 11.7. The number of nitrogens with zero attached hydrogens (tertiary/aromatic N) is 1. The zero-order valence-electron chi connectivity index (χ0n) is 9.85. The average molecular weight is 296 g/mol. The predicted octanol–water partition coefficient (Wildman–Crippen LogP) is 4.02. The van der Waals surface area contributed by atoms with Crippen molar-refractivity contribution in [1.29, 1.82) is 0 Å². The minimum Gasteiger partial charge on any atom is -0.508 e. The SMILES string of the molecule is Oc1ccccc1CN=Cc1cc(Cl)cc(Cl)c1O. The van der Waals surface area contributed by atoms with Crippen molar-refractivity contribution in [2.75, 3.05) is 0 Å². The first-order valence-electron chi connectivity index (χ1n) is 5.52. The van der Waals surface area contributed by atoms with Crippen LogP contribution in [-0.4, -0.2) is 16.4 Å². The first kappa shape index (κ1) is 13.7. The van der Waals surface area contributed by atoms with Crippen molar-refractivity contribution in [3.8, 4) is 11.5 Å². The molecule has 2 aromatic rings. The summed E-state index contributed by atoms with van der Waals surface area (Å²) in [5.41, 5.74) is 1.14. The third-order valence-electron chi connectivity index (χ3n) is 2.54. The number of aliphatic imine (C=N–C) groups is 1. The monoisotopic (exact) mass is 295 g/mol. The lowest BCUT2D eigenvalue weighted by Gasteiger charge is -2.03. The fourth-order valence-corrected chi connectivity index (χ4v) is 2.08. The van der Waals surface area contributed by atoms with Crippen LogP contribution in [0.1, 0.15) is 11.1 Å². The molecule has 0 unspecified atom stereocenters. The van der Waals surface area contributed by atoms with E-state index in [0.717, 1.165) is 0 Å². The third-order valence-corrected chi connectivity index (χ3v) is 3.05. The van der Waals surface area contributed by atoms with E-state index in [9.17, 15) is 10.2 Å². The van der Waals surface area contributed by atoms with Gasteiger partial charge in [-0.3, -0.25) is 4.99 Å². The molecule has 0 aromatic heterocycles. The number of para-hydroxylation sites is 1. The van der Waals surface area contributed by atoms with E-state index in [1.54, 1.807) is 24.3 Å². The molecule has 0 amide bonds. The molecule has 19 heavy (non-hydrogen) atoms. The maximum absolute atomic E-state index is 9.74. The van der Waals surface area contributed by atoms with Crippen LogP contribution in [0.25, 0.3) is 0 Å². The fraction of sp³-hybridized carbons (Fsp3) is 0.0714. The topological polar surface area (TPSA) is 52.8 Å². The lowest BCUT2D eigenvalue weighted by atomic mass is 10.2. The van der Waals surface area contributed by atoms with Crippen molar-refractivity contribution >= 4 is 29.4 Å². The standard InChI is InChI=1S/C14H11Cl2NO2/c15-11-5-10(14(19)12(16)6-11)8-17-7-9-3-1-2-4-13(9)18/h1-6,8,18-19H,7H2. The molecule has 5 heteroatoms. The van der Waals surface area contributed by atoms with Gasteiger partial charge in [0.1, 0.15) is 11.5 Å². The molecule has 0 bridgehead atoms. The van der Waals surface area contributed by atoms with E-state index >= 15 is 0 Å². The van der Waals surface area contributed by atoms with Gasteiger partial charge in [0.05, 0.1) is 11.6 Å². The Morgan fingerprint density at radius 2 is 1.84 bits per heavy atom. The van der Waals surface area contributed by atoms with Crippen LogP contribution >= 0.6 is 23.2 Å². The first-order valence-corrected chi connectivity index (χ1v) is 6.28. The van der Waals surface area contributed by atoms with Crippen LogP contribution in [0, 0.1) is 0 Å². The average Bonchev–Trinajstić information content (AvgIpc) is 2.37. The molecular weight excluding hydrogens is 285 g/mol. The normalized spacial score (nSPS) is 11.1. The summed E-state index contributed by atoms with van der Waals surface area (Å²) in [6, 6.07) is 9.95. The summed E-state index contributed by atoms with van der Waals surface area (Å²) in [5.74, 6) is 0.125. The quantitative estimate of drug-likeness (QED) is 0.840. The Balaban J connectivity index is 2.18. The molecule has 0 radical (unpaired) electrons. The molecule has 0 aliphatic heterocycles. The van der Waals surface area contributed by atoms with Crippen LogP contribution in [0.4, 0.5) is 0 Å². The van der Waals surface area contributed by atoms with Crippen LogP contribution in [-0.2, 0) is 6.54 Å². The van der Waals surface area contributed by atoms with Crippen molar-refractivity contribution < 1.29 is 10.2 Å². The van der Waals surface area contributed by atoms with Gasteiger partial charge in [0.2, 0.25) is 0 Å². The number of benzene rings is 2. The molecule has 2 aromatic carbocycles. The summed E-state index contributed by atoms with van der Waals surface area (Å²) in [4.78, 5) is 4.15. The molecular formula is C14H11Cl2NO2. The molecule has 98 valence electrons. The minimum absolute atomic E-state index is 0.0629. The van der Waals surface area contributed by atoms with E-state index in [0.29, 0.717) is 22.7 Å². The second-order valence-corrected chi connectivity index (χ2v) is 4.77. The Morgan fingerprint density at radius 3 is 2.58 bits per heavy atom. The molecule has 0 spiro atoms. The van der Waals surface area contributed by atoms with E-state index < -0.39 is 0 Å². The van der Waals surface area contributed by atoms with Crippen LogP contribution in [0.3, 0.4) is 0 Å². The van der Waals surface area contributed by atoms with Gasteiger partial charge in [-0.2, -0.15) is 0 Å². The Kier molecular flexibility index (Phi) is 4.30. The van der Waals surface area contributed by atoms with E-state index in [4.69, 9.17) is 23.2 Å². The smallest absolute Gasteiger partial charge is 0.143 e. The number of phenols is 2. The molecule has 0 heterocycles. The van der Waals surface area contributed by atoms with Crippen LogP contribution in [0.15, 0.2) is 41.4 Å². The fourth-order valence-electron chi connectivity index (χ4n) is 1.57. The molecule has 2 N–H and O–H groups in total. The van der Waals surface area contributed by atoms with Crippen LogP contribution in [0.2, 0.25) is 10.0 Å². The lowest BCUT2D eigenvalue weighted by molar-refractivity contribution is 0.468. The molecule has 0 saturated heterocycles. The predicted molar refractivity (Wildman–Crippen MR) is 77.5 cm³/mol. The van der Waals surface area contributed by atoms with Crippen molar-refractivity contribution in [3.05, 3.63) is 57.6 Å². The number of hydrogen-bond acceptors (Lipinski definition) is 3. The van der Waals surface area contributed by atoms with Gasteiger partial charge >= 0.3 is 0 Å². The number of halogens is 2. The molecule has 3 nitrogen and oxygen atoms in total. The first-order chi connectivity index (χ1) is 9.08. The maximum atomic E-state index is 9.74. The second kappa shape index (κ2) is 5.95. The molecule has 0 aliphatic carbocycles. The Labute approximate surface area is 120 Å². The van der Waals surface area contributed by atoms with Crippen molar-refractivity contribution in [3.63, 3.8) is 0 Å². The van der Waals surface area contributed by atoms with E-state index in [-0.39, 0.29) is 16.5 Å². The molecule has 0 aliphatic rings. The molecule has 0 atom stereocenters. The number of phenolic OH excluding ortho intramolecular Hbond substituents is 2. The van der Waals surface area contributed by atoms with Gasteiger partial charge in [-0.1, -0.05) is 41.4 Å². The highest BCUT2D eigenvalue weighted by Gasteiger charge is 2.05. The van der Waals surface area contributed by atoms with Crippen molar-refractivity contribution in [2.45, 2.75) is 6.54 Å². The Hall–Kier alpha value is -1.71. The second-order valence-electron chi connectivity index (χ2n) is 3.92.